The van der Waals surface area contributed by atoms with Crippen LogP contribution in [0.1, 0.15) is 37.0 Å². The number of nitrogens with two attached hydrogens (primary N) is 1. The molecule has 0 saturated carbocycles. The number of hydrogen-bond acceptors (Lipinski definition) is 5. The third-order valence-electron chi connectivity index (χ3n) is 3.00. The minimum absolute atomic E-state index is 0.0112. The van der Waals surface area contributed by atoms with Crippen LogP contribution in [0.5, 0.6) is 0 Å². The fourth-order valence-electron chi connectivity index (χ4n) is 1.66. The van der Waals surface area contributed by atoms with Gasteiger partial charge in [-0.1, -0.05) is 19.0 Å². The molecule has 0 spiro atoms. The van der Waals surface area contributed by atoms with Gasteiger partial charge in [0, 0.05) is 0 Å². The first-order chi connectivity index (χ1) is 8.59. The van der Waals surface area contributed by atoms with E-state index < -0.39 is 5.54 Å². The number of hydrogen-bond donors (Lipinski definition) is 3. The summed E-state index contributed by atoms with van der Waals surface area (Å²) in [7, 11) is 0. The molecule has 4 N–H and O–H groups in total. The Balaban J connectivity index is 2.95. The number of carbonyl (C=O) groups excluding carboxylic acids is 1. The molecular weight excluding hydrogens is 234 g/mol. The molecule has 18 heavy (non-hydrogen) atoms. The Morgan fingerprint density at radius 1 is 1.50 bits per heavy atom. The van der Waals surface area contributed by atoms with Crippen LogP contribution in [0, 0.1) is 0 Å². The number of oxime groups is 1. The standard InChI is InChI=1S/C11H17N5O2/c1-3-11(4-2,10(12)16-18)15-9(17)8-5-6-13-14-7-8/h5-7,18H,3-4H2,1-2H3,(H2,12,16)(H,15,17). The SMILES string of the molecule is CCC(CC)(NC(=O)c1ccnnc1)/C(N)=N/O. The molecule has 1 aromatic heterocycles. The van der Waals surface area contributed by atoms with Crippen molar-refractivity contribution in [2.75, 3.05) is 0 Å². The Morgan fingerprint density at radius 2 is 2.17 bits per heavy atom. The summed E-state index contributed by atoms with van der Waals surface area (Å²) in [4.78, 5) is 12.0. The molecule has 0 fully saturated rings. The molecule has 1 rings (SSSR count). The lowest BCUT2D eigenvalue weighted by molar-refractivity contribution is 0.0917. The van der Waals surface area contributed by atoms with Crippen molar-refractivity contribution in [3.63, 3.8) is 0 Å². The van der Waals surface area contributed by atoms with Crippen LogP contribution in [-0.2, 0) is 0 Å². The summed E-state index contributed by atoms with van der Waals surface area (Å²) in [6.07, 6.45) is 3.82. The van der Waals surface area contributed by atoms with E-state index in [-0.39, 0.29) is 11.7 Å². The highest BCUT2D eigenvalue weighted by atomic mass is 16.4. The molecule has 0 atom stereocenters. The van der Waals surface area contributed by atoms with E-state index in [1.54, 1.807) is 6.07 Å². The van der Waals surface area contributed by atoms with Crippen LogP contribution < -0.4 is 11.1 Å². The lowest BCUT2D eigenvalue weighted by Crippen LogP contribution is -2.56. The lowest BCUT2D eigenvalue weighted by atomic mass is 9.91. The first kappa shape index (κ1) is 13.9. The van der Waals surface area contributed by atoms with Gasteiger partial charge in [-0.25, -0.2) is 0 Å². The molecule has 0 aromatic carbocycles. The maximum absolute atomic E-state index is 12.0. The zero-order chi connectivity index (χ0) is 13.6. The summed E-state index contributed by atoms with van der Waals surface area (Å²) in [6, 6.07) is 1.55. The maximum Gasteiger partial charge on any atom is 0.253 e. The largest absolute Gasteiger partial charge is 0.409 e. The average Bonchev–Trinajstić information content (AvgIpc) is 2.44. The quantitative estimate of drug-likeness (QED) is 0.305. The summed E-state index contributed by atoms with van der Waals surface area (Å²) < 4.78 is 0. The summed E-state index contributed by atoms with van der Waals surface area (Å²) in [5.74, 6) is -0.344. The molecular formula is C11H17N5O2. The number of rotatable bonds is 5. The van der Waals surface area contributed by atoms with Gasteiger partial charge in [-0.3, -0.25) is 4.79 Å². The number of amides is 1. The molecule has 0 unspecified atom stereocenters. The van der Waals surface area contributed by atoms with Gasteiger partial charge in [-0.15, -0.1) is 0 Å². The monoisotopic (exact) mass is 251 g/mol. The molecule has 0 aliphatic heterocycles. The maximum atomic E-state index is 12.0. The number of nitrogens with one attached hydrogen (secondary N) is 1. The second-order valence-corrected chi connectivity index (χ2v) is 3.86. The second kappa shape index (κ2) is 5.95. The van der Waals surface area contributed by atoms with Gasteiger partial charge in [-0.05, 0) is 18.9 Å². The van der Waals surface area contributed by atoms with Crippen LogP contribution in [0.4, 0.5) is 0 Å². The summed E-state index contributed by atoms with van der Waals surface area (Å²) >= 11 is 0. The van der Waals surface area contributed by atoms with Gasteiger partial charge in [0.15, 0.2) is 5.84 Å². The summed E-state index contributed by atoms with van der Waals surface area (Å²) in [5.41, 5.74) is 5.18. The van der Waals surface area contributed by atoms with Gasteiger partial charge in [0.25, 0.3) is 5.91 Å². The van der Waals surface area contributed by atoms with Crippen molar-refractivity contribution < 1.29 is 10.0 Å². The van der Waals surface area contributed by atoms with E-state index in [2.05, 4.69) is 20.7 Å². The first-order valence-corrected chi connectivity index (χ1v) is 5.66. The van der Waals surface area contributed by atoms with E-state index in [1.807, 2.05) is 13.8 Å². The minimum Gasteiger partial charge on any atom is -0.409 e. The molecule has 98 valence electrons. The molecule has 7 heteroatoms. The van der Waals surface area contributed by atoms with Gasteiger partial charge < -0.3 is 16.3 Å². The Hall–Kier alpha value is -2.18. The van der Waals surface area contributed by atoms with Gasteiger partial charge in [0.05, 0.1) is 18.0 Å². The Kier molecular flexibility index (Phi) is 4.59. The minimum atomic E-state index is -0.852. The van der Waals surface area contributed by atoms with Crippen LogP contribution in [-0.4, -0.2) is 32.7 Å². The molecule has 1 amide bonds. The van der Waals surface area contributed by atoms with Crippen LogP contribution in [0.2, 0.25) is 0 Å². The van der Waals surface area contributed by atoms with Crippen molar-refractivity contribution in [1.82, 2.24) is 15.5 Å². The number of carbonyl (C=O) groups is 1. The van der Waals surface area contributed by atoms with Gasteiger partial charge in [-0.2, -0.15) is 10.2 Å². The number of amidine groups is 1. The molecule has 7 nitrogen and oxygen atoms in total. The van der Waals surface area contributed by atoms with E-state index in [0.717, 1.165) is 0 Å². The van der Waals surface area contributed by atoms with Crippen molar-refractivity contribution in [2.45, 2.75) is 32.2 Å². The third kappa shape index (κ3) is 2.73. The highest BCUT2D eigenvalue weighted by molar-refractivity contribution is 5.99. The van der Waals surface area contributed by atoms with E-state index in [9.17, 15) is 4.79 Å². The van der Waals surface area contributed by atoms with Crippen molar-refractivity contribution in [2.24, 2.45) is 10.9 Å². The number of aromatic nitrogens is 2. The fraction of sp³-hybridized carbons (Fsp3) is 0.455. The van der Waals surface area contributed by atoms with E-state index in [0.29, 0.717) is 18.4 Å². The lowest BCUT2D eigenvalue weighted by Gasteiger charge is -2.31. The highest BCUT2D eigenvalue weighted by Gasteiger charge is 2.33. The van der Waals surface area contributed by atoms with E-state index >= 15 is 0 Å². The van der Waals surface area contributed by atoms with Gasteiger partial charge in [0.2, 0.25) is 0 Å². The van der Waals surface area contributed by atoms with Crippen LogP contribution in [0.15, 0.2) is 23.6 Å². The predicted octanol–water partition coefficient (Wildman–Crippen LogP) is 0.512. The zero-order valence-corrected chi connectivity index (χ0v) is 10.4. The van der Waals surface area contributed by atoms with Crippen LogP contribution >= 0.6 is 0 Å². The summed E-state index contributed by atoms with van der Waals surface area (Å²) in [5, 5.41) is 21.8. The molecule has 0 radical (unpaired) electrons. The van der Waals surface area contributed by atoms with Crippen molar-refractivity contribution in [3.05, 3.63) is 24.0 Å². The molecule has 0 aliphatic rings. The van der Waals surface area contributed by atoms with Gasteiger partial charge in [0.1, 0.15) is 5.54 Å². The van der Waals surface area contributed by atoms with E-state index in [4.69, 9.17) is 10.9 Å². The molecule has 1 heterocycles. The summed E-state index contributed by atoms with van der Waals surface area (Å²) in [6.45, 7) is 3.71. The van der Waals surface area contributed by atoms with Crippen molar-refractivity contribution >= 4 is 11.7 Å². The molecule has 0 bridgehead atoms. The predicted molar refractivity (Wildman–Crippen MR) is 66.2 cm³/mol. The smallest absolute Gasteiger partial charge is 0.253 e. The second-order valence-electron chi connectivity index (χ2n) is 3.86. The van der Waals surface area contributed by atoms with Crippen molar-refractivity contribution in [1.29, 1.82) is 0 Å². The molecule has 0 aliphatic carbocycles. The third-order valence-corrected chi connectivity index (χ3v) is 3.00. The van der Waals surface area contributed by atoms with Crippen LogP contribution in [0.3, 0.4) is 0 Å². The zero-order valence-electron chi connectivity index (χ0n) is 10.4. The fourth-order valence-corrected chi connectivity index (χ4v) is 1.66. The highest BCUT2D eigenvalue weighted by Crippen LogP contribution is 2.16. The normalized spacial score (nSPS) is 12.2. The molecule has 0 saturated heterocycles. The van der Waals surface area contributed by atoms with Gasteiger partial charge >= 0.3 is 0 Å². The van der Waals surface area contributed by atoms with Crippen molar-refractivity contribution in [3.8, 4) is 0 Å². The molecule has 1 aromatic rings. The topological polar surface area (TPSA) is 113 Å². The Labute approximate surface area is 105 Å². The average molecular weight is 251 g/mol. The Bertz CT molecular complexity index is 428. The Morgan fingerprint density at radius 3 is 2.61 bits per heavy atom. The van der Waals surface area contributed by atoms with Crippen LogP contribution in [0.25, 0.3) is 0 Å². The number of nitrogens with zero attached hydrogens (tertiary/aromatic N) is 3. The first-order valence-electron chi connectivity index (χ1n) is 5.66. The van der Waals surface area contributed by atoms with E-state index in [1.165, 1.54) is 12.4 Å².